The first kappa shape index (κ1) is 7.02. The summed E-state index contributed by atoms with van der Waals surface area (Å²) in [7, 11) is 0. The van der Waals surface area contributed by atoms with Gasteiger partial charge in [-0.1, -0.05) is 6.92 Å². The summed E-state index contributed by atoms with van der Waals surface area (Å²) in [5.41, 5.74) is 0.737. The van der Waals surface area contributed by atoms with Gasteiger partial charge < -0.3 is 9.97 Å². The van der Waals surface area contributed by atoms with Crippen LogP contribution in [-0.4, -0.2) is 19.9 Å². The summed E-state index contributed by atoms with van der Waals surface area (Å²) in [5.74, 6) is 0.786. The molecule has 0 amide bonds. The highest BCUT2D eigenvalue weighted by Gasteiger charge is 2.04. The Bertz CT molecular complexity index is 456. The van der Waals surface area contributed by atoms with Gasteiger partial charge in [0.2, 0.25) is 0 Å². The van der Waals surface area contributed by atoms with Crippen LogP contribution in [0.4, 0.5) is 0 Å². The fourth-order valence-corrected chi connectivity index (χ4v) is 1.05. The number of aromatic amines is 2. The Labute approximate surface area is 67.9 Å². The van der Waals surface area contributed by atoms with E-state index in [-0.39, 0.29) is 5.56 Å². The highest BCUT2D eigenvalue weighted by Crippen LogP contribution is 2.01. The van der Waals surface area contributed by atoms with Crippen molar-refractivity contribution < 1.29 is 0 Å². The Kier molecular flexibility index (Phi) is 1.43. The molecule has 5 heteroatoms. The molecular weight excluding hydrogens is 156 g/mol. The molecule has 0 saturated carbocycles. The third-order valence-electron chi connectivity index (χ3n) is 1.67. The molecular formula is C7H8N4O. The smallest absolute Gasteiger partial charge is 0.278 e. The first-order chi connectivity index (χ1) is 5.81. The maximum absolute atomic E-state index is 11.1. The number of nitrogens with zero attached hydrogens (tertiary/aromatic N) is 2. The topological polar surface area (TPSA) is 74.4 Å². The van der Waals surface area contributed by atoms with Gasteiger partial charge in [-0.25, -0.2) is 9.97 Å². The van der Waals surface area contributed by atoms with E-state index in [4.69, 9.17) is 0 Å². The summed E-state index contributed by atoms with van der Waals surface area (Å²) < 4.78 is 0. The Hall–Kier alpha value is -1.65. The molecule has 2 N–H and O–H groups in total. The van der Waals surface area contributed by atoms with Crippen LogP contribution in [0, 0.1) is 0 Å². The maximum atomic E-state index is 11.1. The van der Waals surface area contributed by atoms with E-state index in [1.165, 1.54) is 6.33 Å². The molecule has 12 heavy (non-hydrogen) atoms. The first-order valence-electron chi connectivity index (χ1n) is 3.73. The fraction of sp³-hybridized carbons (Fsp3) is 0.286. The van der Waals surface area contributed by atoms with Crippen molar-refractivity contribution >= 4 is 11.2 Å². The maximum Gasteiger partial charge on any atom is 0.278 e. The number of fused-ring (bicyclic) bond motifs is 1. The van der Waals surface area contributed by atoms with Crippen LogP contribution in [0.5, 0.6) is 0 Å². The van der Waals surface area contributed by atoms with Crippen molar-refractivity contribution in [3.8, 4) is 0 Å². The summed E-state index contributed by atoms with van der Waals surface area (Å²) >= 11 is 0. The van der Waals surface area contributed by atoms with Crippen LogP contribution in [0.25, 0.3) is 11.2 Å². The van der Waals surface area contributed by atoms with Crippen molar-refractivity contribution in [3.63, 3.8) is 0 Å². The molecule has 0 aliphatic rings. The molecule has 0 spiro atoms. The Morgan fingerprint density at radius 1 is 1.58 bits per heavy atom. The third kappa shape index (κ3) is 0.903. The van der Waals surface area contributed by atoms with E-state index in [1.807, 2.05) is 6.92 Å². The van der Waals surface area contributed by atoms with Crippen molar-refractivity contribution in [2.24, 2.45) is 0 Å². The van der Waals surface area contributed by atoms with Gasteiger partial charge in [0.25, 0.3) is 5.56 Å². The van der Waals surface area contributed by atoms with Gasteiger partial charge in [0.05, 0.1) is 6.33 Å². The van der Waals surface area contributed by atoms with E-state index in [0.29, 0.717) is 11.2 Å². The fourth-order valence-electron chi connectivity index (χ4n) is 1.05. The minimum Gasteiger partial charge on any atom is -0.326 e. The molecule has 0 radical (unpaired) electrons. The zero-order chi connectivity index (χ0) is 8.55. The molecule has 2 heterocycles. The summed E-state index contributed by atoms with van der Waals surface area (Å²) in [5, 5.41) is 0. The lowest BCUT2D eigenvalue weighted by Gasteiger charge is -1.82. The number of hydrogen-bond acceptors (Lipinski definition) is 3. The van der Waals surface area contributed by atoms with Crippen LogP contribution in [0.3, 0.4) is 0 Å². The molecule has 5 nitrogen and oxygen atoms in total. The van der Waals surface area contributed by atoms with Crippen LogP contribution < -0.4 is 5.56 Å². The van der Waals surface area contributed by atoms with Gasteiger partial charge in [0, 0.05) is 6.42 Å². The largest absolute Gasteiger partial charge is 0.326 e. The van der Waals surface area contributed by atoms with E-state index in [2.05, 4.69) is 19.9 Å². The van der Waals surface area contributed by atoms with Gasteiger partial charge in [-0.05, 0) is 0 Å². The second-order valence-electron chi connectivity index (χ2n) is 2.47. The molecule has 0 aliphatic carbocycles. The SMILES string of the molecule is CCc1nc2c(=O)[nH]cnc2[nH]1. The molecule has 2 rings (SSSR count). The lowest BCUT2D eigenvalue weighted by atomic mass is 10.5. The number of H-pyrrole nitrogens is 2. The van der Waals surface area contributed by atoms with Gasteiger partial charge in [0.15, 0.2) is 11.2 Å². The predicted octanol–water partition coefficient (Wildman–Crippen LogP) is 0.209. The van der Waals surface area contributed by atoms with Crippen LogP contribution in [0.15, 0.2) is 11.1 Å². The van der Waals surface area contributed by atoms with E-state index in [9.17, 15) is 4.79 Å². The molecule has 62 valence electrons. The highest BCUT2D eigenvalue weighted by molar-refractivity contribution is 5.68. The molecule has 2 aromatic rings. The molecule has 2 aromatic heterocycles. The number of nitrogens with one attached hydrogen (secondary N) is 2. The van der Waals surface area contributed by atoms with Crippen molar-refractivity contribution in [1.29, 1.82) is 0 Å². The molecule has 0 bridgehead atoms. The minimum atomic E-state index is -0.198. The van der Waals surface area contributed by atoms with Crippen LogP contribution >= 0.6 is 0 Å². The Morgan fingerprint density at radius 3 is 3.08 bits per heavy atom. The van der Waals surface area contributed by atoms with Gasteiger partial charge in [-0.15, -0.1) is 0 Å². The number of imidazole rings is 1. The highest BCUT2D eigenvalue weighted by atomic mass is 16.1. The van der Waals surface area contributed by atoms with E-state index < -0.39 is 0 Å². The molecule has 0 aliphatic heterocycles. The van der Waals surface area contributed by atoms with E-state index in [1.54, 1.807) is 0 Å². The van der Waals surface area contributed by atoms with Gasteiger partial charge in [0.1, 0.15) is 5.82 Å². The van der Waals surface area contributed by atoms with Crippen molar-refractivity contribution in [2.75, 3.05) is 0 Å². The third-order valence-corrected chi connectivity index (χ3v) is 1.67. The molecule has 0 saturated heterocycles. The molecule has 0 aromatic carbocycles. The quantitative estimate of drug-likeness (QED) is 0.632. The predicted molar refractivity (Wildman–Crippen MR) is 43.9 cm³/mol. The monoisotopic (exact) mass is 164 g/mol. The molecule has 0 fully saturated rings. The molecule has 0 atom stereocenters. The van der Waals surface area contributed by atoms with Gasteiger partial charge >= 0.3 is 0 Å². The van der Waals surface area contributed by atoms with E-state index >= 15 is 0 Å². The van der Waals surface area contributed by atoms with Crippen LogP contribution in [0.2, 0.25) is 0 Å². The first-order valence-corrected chi connectivity index (χ1v) is 3.73. The lowest BCUT2D eigenvalue weighted by molar-refractivity contribution is 0.997. The normalized spacial score (nSPS) is 10.8. The van der Waals surface area contributed by atoms with Gasteiger partial charge in [-0.3, -0.25) is 4.79 Å². The van der Waals surface area contributed by atoms with Crippen molar-refractivity contribution in [3.05, 3.63) is 22.5 Å². The second-order valence-corrected chi connectivity index (χ2v) is 2.47. The minimum absolute atomic E-state index is 0.198. The lowest BCUT2D eigenvalue weighted by Crippen LogP contribution is -2.05. The number of aromatic nitrogens is 4. The standard InChI is InChI=1S/C7H8N4O/c1-2-4-10-5-6(11-4)8-3-9-7(5)12/h3H,2H2,1H3,(H2,8,9,10,11,12). The van der Waals surface area contributed by atoms with Gasteiger partial charge in [-0.2, -0.15) is 0 Å². The summed E-state index contributed by atoms with van der Waals surface area (Å²) in [4.78, 5) is 24.5. The van der Waals surface area contributed by atoms with E-state index in [0.717, 1.165) is 12.2 Å². The molecule has 0 unspecified atom stereocenters. The summed E-state index contributed by atoms with van der Waals surface area (Å²) in [6.45, 7) is 1.96. The second kappa shape index (κ2) is 2.44. The van der Waals surface area contributed by atoms with Crippen LogP contribution in [-0.2, 0) is 6.42 Å². The van der Waals surface area contributed by atoms with Crippen LogP contribution in [0.1, 0.15) is 12.7 Å². The summed E-state index contributed by atoms with van der Waals surface area (Å²) in [6.07, 6.45) is 2.14. The summed E-state index contributed by atoms with van der Waals surface area (Å²) in [6, 6.07) is 0. The van der Waals surface area contributed by atoms with Crippen molar-refractivity contribution in [2.45, 2.75) is 13.3 Å². The zero-order valence-corrected chi connectivity index (χ0v) is 6.59. The average molecular weight is 164 g/mol. The Balaban J connectivity index is 2.83. The number of hydrogen-bond donors (Lipinski definition) is 2. The Morgan fingerprint density at radius 2 is 2.42 bits per heavy atom. The zero-order valence-electron chi connectivity index (χ0n) is 6.59. The number of rotatable bonds is 1. The average Bonchev–Trinajstić information content (AvgIpc) is 2.49. The number of aryl methyl sites for hydroxylation is 1. The van der Waals surface area contributed by atoms with Crippen molar-refractivity contribution in [1.82, 2.24) is 19.9 Å².